The van der Waals surface area contributed by atoms with Gasteiger partial charge in [-0.15, -0.1) is 0 Å². The normalized spacial score (nSPS) is 13.7. The van der Waals surface area contributed by atoms with E-state index in [-0.39, 0.29) is 0 Å². The summed E-state index contributed by atoms with van der Waals surface area (Å²) in [4.78, 5) is 22.5. The number of hydrogen-bond acceptors (Lipinski definition) is 4. The Kier molecular flexibility index (Phi) is 11.6. The number of para-hydroxylation sites is 4. The van der Waals surface area contributed by atoms with Crippen molar-refractivity contribution in [3.8, 4) is 0 Å². The van der Waals surface area contributed by atoms with Crippen LogP contribution >= 0.6 is 15.9 Å². The SMILES string of the molecule is Br[C](=Nc1ccccc1)[Pb]([C](=Nc1ccccc1)c1ccccc1)([C](=Nc1ccccc1)c1ccccc1)[C](=Nc1ccccc1)c1ccccc1. The fourth-order valence-electron chi connectivity index (χ4n) is 6.11. The molecule has 0 aromatic heterocycles. The Balaban J connectivity index is 1.75. The Bertz CT molecular complexity index is 2090. The van der Waals surface area contributed by atoms with E-state index in [9.17, 15) is 0 Å². The summed E-state index contributed by atoms with van der Waals surface area (Å²) in [5, 5.41) is 0. The van der Waals surface area contributed by atoms with Gasteiger partial charge in [0.2, 0.25) is 0 Å². The minimum absolute atomic E-state index is 0.793. The van der Waals surface area contributed by atoms with E-state index in [0.717, 1.165) is 51.4 Å². The molecule has 7 aromatic carbocycles. The van der Waals surface area contributed by atoms with Gasteiger partial charge in [0.05, 0.1) is 0 Å². The van der Waals surface area contributed by atoms with Gasteiger partial charge in [0, 0.05) is 0 Å². The van der Waals surface area contributed by atoms with E-state index < -0.39 is 21.2 Å². The monoisotopic (exact) mass is 930 g/mol. The predicted molar refractivity (Wildman–Crippen MR) is 225 cm³/mol. The predicted octanol–water partition coefficient (Wildman–Crippen LogP) is 12.2. The summed E-state index contributed by atoms with van der Waals surface area (Å²) < 4.78 is 3.55. The fourth-order valence-corrected chi connectivity index (χ4v) is 27.8. The van der Waals surface area contributed by atoms with Gasteiger partial charge in [0.1, 0.15) is 0 Å². The Morgan fingerprint density at radius 2 is 0.500 bits per heavy atom. The number of nitrogens with zero attached hydrogens (tertiary/aromatic N) is 4. The fraction of sp³-hybridized carbons (Fsp3) is 0. The van der Waals surface area contributed by atoms with Crippen molar-refractivity contribution in [1.82, 2.24) is 0 Å². The molecule has 0 atom stereocenters. The molecule has 7 aromatic rings. The zero-order valence-electron chi connectivity index (χ0n) is 28.4. The van der Waals surface area contributed by atoms with Crippen LogP contribution in [-0.2, 0) is 0 Å². The molecule has 4 nitrogen and oxygen atoms in total. The van der Waals surface area contributed by atoms with Gasteiger partial charge in [0.25, 0.3) is 0 Å². The maximum absolute atomic E-state index is 5.68. The third-order valence-corrected chi connectivity index (χ3v) is 29.7. The van der Waals surface area contributed by atoms with E-state index in [1.54, 1.807) is 0 Å². The van der Waals surface area contributed by atoms with Crippen LogP contribution in [0.5, 0.6) is 0 Å². The summed E-state index contributed by atoms with van der Waals surface area (Å²) in [6.45, 7) is 0. The van der Waals surface area contributed by atoms with Crippen molar-refractivity contribution in [3.63, 3.8) is 0 Å². The second kappa shape index (κ2) is 17.2. The van der Waals surface area contributed by atoms with Gasteiger partial charge in [-0.25, -0.2) is 0 Å². The third kappa shape index (κ3) is 8.06. The van der Waals surface area contributed by atoms with Gasteiger partial charge >= 0.3 is 321 Å². The van der Waals surface area contributed by atoms with Crippen molar-refractivity contribution < 1.29 is 0 Å². The standard InChI is InChI=1S/3C13H10N.C7H5BrN.Pb/c3*1-3-7-12(8-4-1)11-14-13-9-5-2-6-10-13;8-6-9-7-4-2-1-3-5-7;/h3*1-10H;1-5H;. The van der Waals surface area contributed by atoms with Crippen LogP contribution in [0, 0.1) is 0 Å². The van der Waals surface area contributed by atoms with Crippen LogP contribution in [-0.4, -0.2) is 33.2 Å². The first-order valence-electron chi connectivity index (χ1n) is 17.1. The van der Waals surface area contributed by atoms with Crippen LogP contribution in [0.25, 0.3) is 0 Å². The zero-order chi connectivity index (χ0) is 35.4. The molecule has 7 rings (SSSR count). The van der Waals surface area contributed by atoms with E-state index in [4.69, 9.17) is 20.0 Å². The molecule has 0 unspecified atom stereocenters. The molecule has 0 aliphatic heterocycles. The molecular formula is C46H35BrN4Pb. The van der Waals surface area contributed by atoms with E-state index in [2.05, 4.69) is 125 Å². The number of benzene rings is 7. The molecule has 0 heterocycles. The molecular weight excluding hydrogens is 896 g/mol. The van der Waals surface area contributed by atoms with E-state index >= 15 is 0 Å². The summed E-state index contributed by atoms with van der Waals surface area (Å²) in [6.07, 6.45) is 0. The average molecular weight is 931 g/mol. The second-order valence-corrected chi connectivity index (χ2v) is 28.8. The van der Waals surface area contributed by atoms with E-state index in [1.807, 2.05) is 103 Å². The van der Waals surface area contributed by atoms with Crippen molar-refractivity contribution in [2.75, 3.05) is 0 Å². The molecule has 0 spiro atoms. The molecule has 0 fully saturated rings. The Labute approximate surface area is 318 Å². The Hall–Kier alpha value is -5.38. The number of halogens is 1. The van der Waals surface area contributed by atoms with Gasteiger partial charge < -0.3 is 0 Å². The Morgan fingerprint density at radius 1 is 0.288 bits per heavy atom. The van der Waals surface area contributed by atoms with Gasteiger partial charge in [-0.2, -0.15) is 0 Å². The number of rotatable bonds is 11. The molecule has 0 aliphatic carbocycles. The molecule has 0 N–H and O–H groups in total. The maximum atomic E-state index is 5.68. The quantitative estimate of drug-likeness (QED) is 0.0917. The first-order chi connectivity index (χ1) is 25.7. The van der Waals surface area contributed by atoms with E-state index in [1.165, 1.54) is 0 Å². The van der Waals surface area contributed by atoms with Crippen LogP contribution in [0.3, 0.4) is 0 Å². The minimum atomic E-state index is -5.31. The van der Waals surface area contributed by atoms with Crippen molar-refractivity contribution in [3.05, 3.63) is 229 Å². The van der Waals surface area contributed by atoms with Crippen LogP contribution in [0.4, 0.5) is 22.7 Å². The molecule has 250 valence electrons. The van der Waals surface area contributed by atoms with Crippen LogP contribution in [0.1, 0.15) is 16.7 Å². The van der Waals surface area contributed by atoms with Crippen LogP contribution in [0.2, 0.25) is 0 Å². The van der Waals surface area contributed by atoms with Gasteiger partial charge in [0.15, 0.2) is 0 Å². The van der Waals surface area contributed by atoms with Gasteiger partial charge in [-0.05, 0) is 0 Å². The summed E-state index contributed by atoms with van der Waals surface area (Å²) in [6, 6.07) is 72.1. The van der Waals surface area contributed by atoms with Gasteiger partial charge in [-0.1, -0.05) is 0 Å². The van der Waals surface area contributed by atoms with Crippen molar-refractivity contribution in [1.29, 1.82) is 0 Å². The summed E-state index contributed by atoms with van der Waals surface area (Å²) in [5.74, 6) is 0. The van der Waals surface area contributed by atoms with Gasteiger partial charge in [-0.3, -0.25) is 0 Å². The molecule has 0 radical (unpaired) electrons. The van der Waals surface area contributed by atoms with Crippen molar-refractivity contribution in [2.24, 2.45) is 20.0 Å². The summed E-state index contributed by atoms with van der Waals surface area (Å²) in [5.41, 5.74) is 6.30. The molecule has 0 amide bonds. The van der Waals surface area contributed by atoms with Crippen LogP contribution < -0.4 is 0 Å². The van der Waals surface area contributed by atoms with Crippen molar-refractivity contribution in [2.45, 2.75) is 0 Å². The molecule has 0 saturated heterocycles. The summed E-state index contributed by atoms with van der Waals surface area (Å²) in [7, 11) is 0. The molecule has 0 bridgehead atoms. The number of hydrogen-bond donors (Lipinski definition) is 0. The number of aliphatic imine (C=N–C) groups is 4. The average Bonchev–Trinajstić information content (AvgIpc) is 3.22. The van der Waals surface area contributed by atoms with E-state index in [0.29, 0.717) is 0 Å². The molecule has 52 heavy (non-hydrogen) atoms. The van der Waals surface area contributed by atoms with Crippen LogP contribution in [0.15, 0.2) is 232 Å². The zero-order valence-corrected chi connectivity index (χ0v) is 33.8. The third-order valence-electron chi connectivity index (χ3n) is 8.49. The molecule has 0 saturated carbocycles. The Morgan fingerprint density at radius 3 is 0.750 bits per heavy atom. The summed E-state index contributed by atoms with van der Waals surface area (Å²) >= 11 is -1.03. The first kappa shape index (κ1) is 35.0. The molecule has 6 heteroatoms. The van der Waals surface area contributed by atoms with Crippen molar-refractivity contribution >= 4 is 71.8 Å². The second-order valence-electron chi connectivity index (χ2n) is 12.0. The molecule has 0 aliphatic rings. The topological polar surface area (TPSA) is 49.4 Å². The first-order valence-corrected chi connectivity index (χ1v) is 25.7.